The number of carbonyl (C=O) groups excluding carboxylic acids is 2. The average Bonchev–Trinajstić information content (AvgIpc) is 3.69. The van der Waals surface area contributed by atoms with Gasteiger partial charge in [0.1, 0.15) is 29.0 Å². The first-order valence-corrected chi connectivity index (χ1v) is 13.0. The van der Waals surface area contributed by atoms with E-state index >= 15 is 4.39 Å². The number of halogens is 4. The van der Waals surface area contributed by atoms with E-state index in [1.165, 1.54) is 24.1 Å². The minimum Gasteiger partial charge on any atom is -0.497 e. The molecule has 2 heterocycles. The largest absolute Gasteiger partial charge is 0.573 e. The molecular formula is C29H27F4N3O5. The molecule has 3 aromatic rings. The van der Waals surface area contributed by atoms with Crippen molar-refractivity contribution < 1.29 is 36.6 Å². The molecule has 0 bridgehead atoms. The molecule has 8 nitrogen and oxygen atoms in total. The van der Waals surface area contributed by atoms with Crippen LogP contribution in [-0.2, 0) is 11.3 Å². The fraction of sp³-hybridized carbons (Fsp3) is 0.345. The Bertz CT molecular complexity index is 1530. The third-order valence-electron chi connectivity index (χ3n) is 7.32. The lowest BCUT2D eigenvalue weighted by Gasteiger charge is -2.20. The molecule has 2 aliphatic rings. The van der Waals surface area contributed by atoms with E-state index in [9.17, 15) is 27.6 Å². The van der Waals surface area contributed by atoms with Gasteiger partial charge in [0.05, 0.1) is 7.11 Å². The molecule has 2 aromatic carbocycles. The van der Waals surface area contributed by atoms with Gasteiger partial charge in [-0.1, -0.05) is 6.07 Å². The molecule has 216 valence electrons. The van der Waals surface area contributed by atoms with Crippen LogP contribution in [0.1, 0.15) is 40.2 Å². The fourth-order valence-corrected chi connectivity index (χ4v) is 5.05. The molecule has 41 heavy (non-hydrogen) atoms. The number of rotatable bonds is 8. The SMILES string of the molecule is COc1ccc([C@@H]2CN(c3c(C)ccn(CC4CC4)c3=O)C(=O)C2NC(=O)c2ccc(OC(F)(F)F)cc2)c(F)c1. The molecule has 5 rings (SSSR count). The number of aromatic nitrogens is 1. The number of anilines is 1. The van der Waals surface area contributed by atoms with E-state index in [0.29, 0.717) is 18.0 Å². The number of nitrogens with zero attached hydrogens (tertiary/aromatic N) is 2. The molecule has 1 aromatic heterocycles. The van der Waals surface area contributed by atoms with Gasteiger partial charge in [-0.25, -0.2) is 4.39 Å². The van der Waals surface area contributed by atoms with Crippen molar-refractivity contribution in [2.75, 3.05) is 18.6 Å². The number of hydrogen-bond acceptors (Lipinski definition) is 5. The average molecular weight is 574 g/mol. The molecule has 0 radical (unpaired) electrons. The molecule has 12 heteroatoms. The van der Waals surface area contributed by atoms with Gasteiger partial charge in [0, 0.05) is 36.8 Å². The molecule has 1 saturated carbocycles. The van der Waals surface area contributed by atoms with E-state index in [-0.39, 0.29) is 34.7 Å². The maximum absolute atomic E-state index is 15.2. The number of alkyl halides is 3. The minimum atomic E-state index is -4.90. The van der Waals surface area contributed by atoms with Crippen LogP contribution in [0.4, 0.5) is 23.2 Å². The van der Waals surface area contributed by atoms with Crippen molar-refractivity contribution in [1.29, 1.82) is 0 Å². The van der Waals surface area contributed by atoms with E-state index in [0.717, 1.165) is 43.2 Å². The number of pyridine rings is 1. The molecule has 2 fully saturated rings. The first-order chi connectivity index (χ1) is 19.4. The van der Waals surface area contributed by atoms with Crippen LogP contribution in [0.25, 0.3) is 0 Å². The van der Waals surface area contributed by atoms with Crippen LogP contribution in [0.5, 0.6) is 11.5 Å². The number of benzene rings is 2. The third kappa shape index (κ3) is 6.06. The van der Waals surface area contributed by atoms with Gasteiger partial charge >= 0.3 is 6.36 Å². The molecule has 0 spiro atoms. The maximum atomic E-state index is 15.2. The van der Waals surface area contributed by atoms with E-state index in [2.05, 4.69) is 10.1 Å². The maximum Gasteiger partial charge on any atom is 0.573 e. The highest BCUT2D eigenvalue weighted by molar-refractivity contribution is 6.05. The zero-order valence-electron chi connectivity index (χ0n) is 22.2. The summed E-state index contributed by atoms with van der Waals surface area (Å²) in [6.45, 7) is 2.14. The Morgan fingerprint density at radius 2 is 1.73 bits per heavy atom. The first kappa shape index (κ1) is 28.2. The Morgan fingerprint density at radius 1 is 1.05 bits per heavy atom. The monoisotopic (exact) mass is 573 g/mol. The van der Waals surface area contributed by atoms with Gasteiger partial charge in [-0.3, -0.25) is 14.4 Å². The molecule has 1 aliphatic heterocycles. The summed E-state index contributed by atoms with van der Waals surface area (Å²) in [5, 5.41) is 2.61. The molecule has 1 aliphatic carbocycles. The summed E-state index contributed by atoms with van der Waals surface area (Å²) in [6.07, 6.45) is -1.17. The number of aryl methyl sites for hydroxylation is 1. The predicted octanol–water partition coefficient (Wildman–Crippen LogP) is 4.54. The highest BCUT2D eigenvalue weighted by Gasteiger charge is 2.45. The van der Waals surface area contributed by atoms with E-state index < -0.39 is 41.7 Å². The quantitative estimate of drug-likeness (QED) is 0.400. The number of ether oxygens (including phenoxy) is 2. The van der Waals surface area contributed by atoms with Gasteiger partial charge in [-0.05, 0) is 73.2 Å². The van der Waals surface area contributed by atoms with Crippen molar-refractivity contribution in [3.05, 3.63) is 87.6 Å². The third-order valence-corrected chi connectivity index (χ3v) is 7.32. The topological polar surface area (TPSA) is 89.9 Å². The number of hydrogen-bond donors (Lipinski definition) is 1. The lowest BCUT2D eigenvalue weighted by atomic mass is 9.93. The number of nitrogens with one attached hydrogen (secondary N) is 1. The van der Waals surface area contributed by atoms with Crippen molar-refractivity contribution in [2.24, 2.45) is 5.92 Å². The Balaban J connectivity index is 1.48. The summed E-state index contributed by atoms with van der Waals surface area (Å²) in [7, 11) is 1.38. The van der Waals surface area contributed by atoms with Gasteiger partial charge in [0.25, 0.3) is 11.5 Å². The predicted molar refractivity (Wildman–Crippen MR) is 141 cm³/mol. The summed E-state index contributed by atoms with van der Waals surface area (Å²) >= 11 is 0. The van der Waals surface area contributed by atoms with Gasteiger partial charge in [0.2, 0.25) is 5.91 Å². The lowest BCUT2D eigenvalue weighted by Crippen LogP contribution is -2.44. The van der Waals surface area contributed by atoms with E-state index in [1.54, 1.807) is 23.8 Å². The highest BCUT2D eigenvalue weighted by atomic mass is 19.4. The zero-order valence-corrected chi connectivity index (χ0v) is 22.2. The van der Waals surface area contributed by atoms with Crippen LogP contribution in [0.2, 0.25) is 0 Å². The molecule has 1 N–H and O–H groups in total. The molecular weight excluding hydrogens is 546 g/mol. The standard InChI is InChI=1S/C29H27F4N3O5/c1-16-11-12-35(14-17-3-4-17)28(39)25(16)36-15-22(21-10-9-20(40-2)13-23(21)30)24(27(36)38)34-26(37)18-5-7-19(8-6-18)41-29(31,32)33/h5-13,17,22,24H,3-4,14-15H2,1-2H3,(H,34,37)/t22-,24?/m0/s1. The number of carbonyl (C=O) groups is 2. The summed E-state index contributed by atoms with van der Waals surface area (Å²) < 4.78 is 63.3. The smallest absolute Gasteiger partial charge is 0.497 e. The molecule has 1 unspecified atom stereocenters. The Hall–Kier alpha value is -4.35. The highest BCUT2D eigenvalue weighted by Crippen LogP contribution is 2.36. The first-order valence-electron chi connectivity index (χ1n) is 13.0. The Morgan fingerprint density at radius 3 is 2.34 bits per heavy atom. The normalized spacial score (nSPS) is 18.9. The summed E-state index contributed by atoms with van der Waals surface area (Å²) in [5.74, 6) is -2.78. The van der Waals surface area contributed by atoms with Crippen molar-refractivity contribution in [3.63, 3.8) is 0 Å². The molecule has 2 amide bonds. The molecule has 1 saturated heterocycles. The van der Waals surface area contributed by atoms with Gasteiger partial charge in [0.15, 0.2) is 0 Å². The van der Waals surface area contributed by atoms with E-state index in [1.807, 2.05) is 0 Å². The van der Waals surface area contributed by atoms with Crippen molar-refractivity contribution in [3.8, 4) is 11.5 Å². The van der Waals surface area contributed by atoms with Crippen LogP contribution in [-0.4, -0.2) is 42.4 Å². The summed E-state index contributed by atoms with van der Waals surface area (Å²) in [6, 6.07) is 8.81. The number of amides is 2. The minimum absolute atomic E-state index is 0.0394. The van der Waals surface area contributed by atoms with Gasteiger partial charge in [-0.15, -0.1) is 13.2 Å². The molecule has 2 atom stereocenters. The Labute approximate surface area is 232 Å². The second-order valence-corrected chi connectivity index (χ2v) is 10.2. The summed E-state index contributed by atoms with van der Waals surface area (Å²) in [5.41, 5.74) is 0.445. The lowest BCUT2D eigenvalue weighted by molar-refractivity contribution is -0.274. The zero-order chi connectivity index (χ0) is 29.5. The van der Waals surface area contributed by atoms with Crippen LogP contribution < -0.4 is 25.2 Å². The van der Waals surface area contributed by atoms with Crippen LogP contribution >= 0.6 is 0 Å². The van der Waals surface area contributed by atoms with E-state index in [4.69, 9.17) is 4.74 Å². The second-order valence-electron chi connectivity index (χ2n) is 10.2. The van der Waals surface area contributed by atoms with Crippen molar-refractivity contribution >= 4 is 17.5 Å². The second kappa shape index (κ2) is 10.9. The van der Waals surface area contributed by atoms with Crippen LogP contribution in [0.3, 0.4) is 0 Å². The fourth-order valence-electron chi connectivity index (χ4n) is 5.05. The van der Waals surface area contributed by atoms with Crippen molar-refractivity contribution in [1.82, 2.24) is 9.88 Å². The van der Waals surface area contributed by atoms with Crippen molar-refractivity contribution in [2.45, 2.75) is 44.6 Å². The van der Waals surface area contributed by atoms with Crippen LogP contribution in [0.15, 0.2) is 59.5 Å². The summed E-state index contributed by atoms with van der Waals surface area (Å²) in [4.78, 5) is 41.7. The Kier molecular flexibility index (Phi) is 7.50. The van der Waals surface area contributed by atoms with Gasteiger partial charge < -0.3 is 24.3 Å². The van der Waals surface area contributed by atoms with Gasteiger partial charge in [-0.2, -0.15) is 0 Å². The van der Waals surface area contributed by atoms with Crippen LogP contribution in [0, 0.1) is 18.7 Å². The number of methoxy groups -OCH3 is 1.